The molecule has 0 N–H and O–H groups in total. The molecule has 11 aromatic carbocycles. The second kappa shape index (κ2) is 25.1. The van der Waals surface area contributed by atoms with E-state index in [1.807, 2.05) is 185 Å². The molecule has 6 atom stereocenters. The van der Waals surface area contributed by atoms with E-state index in [-0.39, 0.29) is 119 Å². The zero-order valence-electron chi connectivity index (χ0n) is 55.4. The number of epoxide rings is 4. The van der Waals surface area contributed by atoms with E-state index in [0.29, 0.717) is 92.9 Å². The Bertz CT molecular complexity index is 4560. The first kappa shape index (κ1) is 62.5. The van der Waals surface area contributed by atoms with Gasteiger partial charge in [-0.05, 0) is 112 Å². The van der Waals surface area contributed by atoms with E-state index in [1.54, 1.807) is 34.1 Å². The Kier molecular flexibility index (Phi) is 15.7. The maximum absolute atomic E-state index is 16.6. The van der Waals surface area contributed by atoms with Gasteiger partial charge in [0.15, 0.2) is 0 Å². The molecule has 0 aromatic heterocycles. The summed E-state index contributed by atoms with van der Waals surface area (Å²) >= 11 is 0. The number of rotatable bonds is 24. The van der Waals surface area contributed by atoms with Gasteiger partial charge in [-0.3, -0.25) is 38.6 Å². The van der Waals surface area contributed by atoms with Crippen LogP contribution in [0.1, 0.15) is 74.8 Å². The van der Waals surface area contributed by atoms with Crippen LogP contribution in [0.5, 0.6) is 46.0 Å². The Morgan fingerprint density at radius 1 is 0.360 bits per heavy atom. The monoisotopic (exact) mass is 1330 g/mol. The summed E-state index contributed by atoms with van der Waals surface area (Å²) in [5.41, 5.74) is 5.35. The molecule has 100 heavy (non-hydrogen) atoms. The molecule has 500 valence electrons. The first-order chi connectivity index (χ1) is 48.6. The summed E-state index contributed by atoms with van der Waals surface area (Å²) in [5, 5.41) is 2.31. The van der Waals surface area contributed by atoms with Gasteiger partial charge in [-0.25, -0.2) is 0 Å². The van der Waals surface area contributed by atoms with Crippen LogP contribution in [0, 0.1) is 27.7 Å². The van der Waals surface area contributed by atoms with E-state index >= 15 is 28.8 Å². The zero-order chi connectivity index (χ0) is 68.2. The topological polar surface area (TPSA) is 202 Å². The summed E-state index contributed by atoms with van der Waals surface area (Å²) in [7, 11) is 0. The summed E-state index contributed by atoms with van der Waals surface area (Å²) in [6.07, 6.45) is -0.976. The predicted octanol–water partition coefficient (Wildman–Crippen LogP) is 13.8. The van der Waals surface area contributed by atoms with Gasteiger partial charge in [0, 0.05) is 82.1 Å². The average molecular weight is 1330 g/mol. The van der Waals surface area contributed by atoms with E-state index in [9.17, 15) is 0 Å². The standard InChI is InChI=1S/C82H68N4O14/c1-45-15-23-51(24-16-45)97-65-33-59-69-60(78(88)85(77(59)87)63(31-49-11-7-5-8-12-49)81(91)83(37-55-41-93-55)38-56-42-94-56)35-67(99-53-27-19-47(3)20-28-53)73-74-68(100-54-29-21-48(4)22-30-54)36-62-70-61(34-66(72(76(70)74)71(65)75(69)73)98-52-25-17-46(2)18-26-52)79(89)86(80(62)90)64(32-50-13-9-6-10-14-50)82(92)84(39-57-43-95-57)40-58-44-96-58/h5-30,33-36,55-58,63-64H,31-32,37-44H2,1-4H3. The second-order valence-corrected chi connectivity index (χ2v) is 27.0. The van der Waals surface area contributed by atoms with Crippen molar-refractivity contribution in [3.05, 3.63) is 238 Å². The van der Waals surface area contributed by atoms with Crippen molar-refractivity contribution in [2.45, 2.75) is 77.0 Å². The van der Waals surface area contributed by atoms with Crippen molar-refractivity contribution in [1.82, 2.24) is 19.6 Å². The van der Waals surface area contributed by atoms with Gasteiger partial charge in [0.05, 0.1) is 73.1 Å². The summed E-state index contributed by atoms with van der Waals surface area (Å²) < 4.78 is 51.8. The van der Waals surface area contributed by atoms with Crippen LogP contribution in [0.4, 0.5) is 0 Å². The Hall–Kier alpha value is -11.0. The fourth-order valence-electron chi connectivity index (χ4n) is 14.2. The van der Waals surface area contributed by atoms with E-state index in [2.05, 4.69) is 0 Å². The molecule has 11 aromatic rings. The lowest BCUT2D eigenvalue weighted by Crippen LogP contribution is -2.56. The number of amides is 6. The third kappa shape index (κ3) is 11.8. The van der Waals surface area contributed by atoms with Crippen molar-refractivity contribution >= 4 is 78.5 Å². The zero-order valence-corrected chi connectivity index (χ0v) is 55.4. The highest BCUT2D eigenvalue weighted by Gasteiger charge is 2.49. The lowest BCUT2D eigenvalue weighted by molar-refractivity contribution is -0.136. The number of ether oxygens (including phenoxy) is 8. The molecule has 18 heteroatoms. The lowest BCUT2D eigenvalue weighted by atomic mass is 9.80. The van der Waals surface area contributed by atoms with Gasteiger partial charge in [-0.2, -0.15) is 0 Å². The molecule has 0 aliphatic carbocycles. The van der Waals surface area contributed by atoms with Crippen LogP contribution in [0.15, 0.2) is 182 Å². The molecule has 6 aliphatic rings. The maximum Gasteiger partial charge on any atom is 0.262 e. The maximum atomic E-state index is 16.6. The fraction of sp³-hybridized carbons (Fsp3) is 0.244. The van der Waals surface area contributed by atoms with E-state index < -0.39 is 47.5 Å². The highest BCUT2D eigenvalue weighted by atomic mass is 16.6. The molecule has 17 rings (SSSR count). The number of nitrogens with zero attached hydrogens (tertiary/aromatic N) is 4. The normalized spacial score (nSPS) is 18.6. The first-order valence-electron chi connectivity index (χ1n) is 33.9. The Balaban J connectivity index is 0.981. The van der Waals surface area contributed by atoms with Crippen LogP contribution in [0.3, 0.4) is 0 Å². The fourth-order valence-corrected chi connectivity index (χ4v) is 14.2. The number of benzene rings is 11. The van der Waals surface area contributed by atoms with Gasteiger partial charge in [-0.1, -0.05) is 131 Å². The minimum absolute atomic E-state index is 0.0304. The van der Waals surface area contributed by atoms with E-state index in [0.717, 1.165) is 32.1 Å². The highest BCUT2D eigenvalue weighted by Crippen LogP contribution is 2.58. The van der Waals surface area contributed by atoms with Crippen LogP contribution >= 0.6 is 0 Å². The van der Waals surface area contributed by atoms with Crippen LogP contribution in [0.25, 0.3) is 43.1 Å². The predicted molar refractivity (Wildman–Crippen MR) is 374 cm³/mol. The molecule has 0 saturated carbocycles. The summed E-state index contributed by atoms with van der Waals surface area (Å²) in [6, 6.07) is 52.0. The van der Waals surface area contributed by atoms with Gasteiger partial charge in [0.1, 0.15) is 58.1 Å². The number of hydrogen-bond acceptors (Lipinski definition) is 14. The Morgan fingerprint density at radius 3 is 0.830 bits per heavy atom. The molecule has 6 unspecified atom stereocenters. The van der Waals surface area contributed by atoms with Gasteiger partial charge in [0.2, 0.25) is 11.8 Å². The van der Waals surface area contributed by atoms with Crippen molar-refractivity contribution in [1.29, 1.82) is 0 Å². The van der Waals surface area contributed by atoms with Gasteiger partial charge in [0.25, 0.3) is 23.6 Å². The minimum atomic E-state index is -1.38. The van der Waals surface area contributed by atoms with Crippen molar-refractivity contribution in [2.24, 2.45) is 0 Å². The van der Waals surface area contributed by atoms with E-state index in [1.165, 1.54) is 0 Å². The van der Waals surface area contributed by atoms with Gasteiger partial charge < -0.3 is 47.7 Å². The molecular weight excluding hydrogens is 1260 g/mol. The quantitative estimate of drug-likeness (QED) is 0.0239. The molecule has 0 spiro atoms. The van der Waals surface area contributed by atoms with Crippen LogP contribution in [-0.2, 0) is 41.4 Å². The third-order valence-electron chi connectivity index (χ3n) is 19.6. The van der Waals surface area contributed by atoms with Crippen LogP contribution in [0.2, 0.25) is 0 Å². The number of hydrogen-bond donors (Lipinski definition) is 0. The smallest absolute Gasteiger partial charge is 0.262 e. The SMILES string of the molecule is Cc1ccc(Oc2cc3c4c(cc(Oc5ccc(C)cc5)c5c6c(Oc7ccc(C)cc7)cc7c8c(cc(Oc9ccc(C)cc9)c(c2c45)c86)C(=O)N(C(Cc2ccccc2)C(=O)N(CC2CO2)CC2CO2)C7=O)C(=O)N(C(Cc2ccccc2)C(=O)N(CC2CO2)CC2CO2)C3=O)cc1. The number of imide groups is 2. The largest absolute Gasteiger partial charge is 0.457 e. The van der Waals surface area contributed by atoms with Gasteiger partial charge in [-0.15, -0.1) is 0 Å². The molecule has 4 saturated heterocycles. The summed E-state index contributed by atoms with van der Waals surface area (Å²) in [5.74, 6) is -2.01. The van der Waals surface area contributed by atoms with Crippen molar-refractivity contribution < 1.29 is 66.7 Å². The molecule has 4 fully saturated rings. The van der Waals surface area contributed by atoms with Crippen molar-refractivity contribution in [2.75, 3.05) is 52.6 Å². The lowest BCUT2D eigenvalue weighted by Gasteiger charge is -2.37. The number of carbonyl (C=O) groups excluding carboxylic acids is 6. The van der Waals surface area contributed by atoms with E-state index in [4.69, 9.17) is 37.9 Å². The van der Waals surface area contributed by atoms with Crippen LogP contribution < -0.4 is 18.9 Å². The molecular formula is C82H68N4O14. The third-order valence-corrected chi connectivity index (χ3v) is 19.6. The molecule has 6 aliphatic heterocycles. The molecule has 18 nitrogen and oxygen atoms in total. The summed E-state index contributed by atoms with van der Waals surface area (Å²) in [4.78, 5) is 103. The van der Waals surface area contributed by atoms with Crippen molar-refractivity contribution in [3.8, 4) is 46.0 Å². The second-order valence-electron chi connectivity index (χ2n) is 27.0. The molecule has 0 bridgehead atoms. The minimum Gasteiger partial charge on any atom is -0.457 e. The molecule has 6 amide bonds. The summed E-state index contributed by atoms with van der Waals surface area (Å²) in [6.45, 7) is 10.5. The van der Waals surface area contributed by atoms with Gasteiger partial charge >= 0.3 is 0 Å². The number of fused-ring (bicyclic) bond motifs is 2. The van der Waals surface area contributed by atoms with Crippen LogP contribution in [-0.4, -0.2) is 144 Å². The average Bonchev–Trinajstić information content (AvgIpc) is 1.65. The van der Waals surface area contributed by atoms with Crippen molar-refractivity contribution in [3.63, 3.8) is 0 Å². The number of aryl methyl sites for hydroxylation is 4. The number of carbonyl (C=O) groups is 6. The molecule has 0 radical (unpaired) electrons. The first-order valence-corrected chi connectivity index (χ1v) is 33.9. The Labute approximate surface area is 575 Å². The Morgan fingerprint density at radius 2 is 0.600 bits per heavy atom. The molecule has 6 heterocycles. The highest BCUT2D eigenvalue weighted by molar-refractivity contribution is 6.45.